The van der Waals surface area contributed by atoms with Gasteiger partial charge in [-0.05, 0) is 0 Å². The zero-order valence-electron chi connectivity index (χ0n) is 5.55. The van der Waals surface area contributed by atoms with Crippen LogP contribution in [0.1, 0.15) is 25.7 Å². The molecule has 0 amide bonds. The van der Waals surface area contributed by atoms with Gasteiger partial charge < -0.3 is 11.5 Å². The average molecular weight is 181 g/mol. The summed E-state index contributed by atoms with van der Waals surface area (Å²) >= 11 is 0. The van der Waals surface area contributed by atoms with Gasteiger partial charge in [0.25, 0.3) is 6.47 Å². The zero-order valence-corrected chi connectivity index (χ0v) is 8.51. The van der Waals surface area contributed by atoms with E-state index in [0.29, 0.717) is 0 Å². The van der Waals surface area contributed by atoms with E-state index in [-0.39, 0.29) is 26.0 Å². The van der Waals surface area contributed by atoms with Gasteiger partial charge in [0.05, 0.1) is 0 Å². The predicted molar refractivity (Wildman–Crippen MR) is 31.5 cm³/mol. The van der Waals surface area contributed by atoms with Crippen molar-refractivity contribution < 1.29 is 29.4 Å². The molecule has 1 N–H and O–H groups in total. The predicted octanol–water partition coefficient (Wildman–Crippen LogP) is 1.46. The monoisotopic (exact) mass is 179 g/mol. The van der Waals surface area contributed by atoms with Crippen molar-refractivity contribution in [2.75, 3.05) is 0 Å². The van der Waals surface area contributed by atoms with Crippen LogP contribution in [0.4, 0.5) is 0 Å². The van der Waals surface area contributed by atoms with Crippen molar-refractivity contribution >= 4 is 6.47 Å². The van der Waals surface area contributed by atoms with E-state index in [9.17, 15) is 0 Å². The zero-order chi connectivity index (χ0) is 6.24. The Labute approximate surface area is 68.4 Å². The largest absolute Gasteiger partial charge is 0.483 e. The van der Waals surface area contributed by atoms with Gasteiger partial charge in [-0.3, -0.25) is 4.79 Å². The third-order valence-electron chi connectivity index (χ3n) is 1.07. The summed E-state index contributed by atoms with van der Waals surface area (Å²) in [6.45, 7) is -0.250. The molecule has 0 atom stereocenters. The fourth-order valence-corrected chi connectivity index (χ4v) is 0.722. The number of rotatable bonds is 0. The number of carboxylic acid groups (broad SMARTS) is 1. The first-order chi connectivity index (χ1) is 3.91. The van der Waals surface area contributed by atoms with E-state index in [1.807, 2.05) is 0 Å². The summed E-state index contributed by atoms with van der Waals surface area (Å²) in [5.74, 6) is 0. The summed E-state index contributed by atoms with van der Waals surface area (Å²) in [5.41, 5.74) is 0. The van der Waals surface area contributed by atoms with Gasteiger partial charge in [0.2, 0.25) is 0 Å². The van der Waals surface area contributed by atoms with Crippen molar-refractivity contribution in [1.29, 1.82) is 0 Å². The fourth-order valence-electron chi connectivity index (χ4n) is 0.722. The van der Waals surface area contributed by atoms with E-state index in [0.717, 1.165) is 0 Å². The van der Waals surface area contributed by atoms with Crippen molar-refractivity contribution in [3.05, 3.63) is 6.42 Å². The summed E-state index contributed by atoms with van der Waals surface area (Å²) < 4.78 is 0. The second kappa shape index (κ2) is 11.0. The molecular formula is C6H11O2Zn-. The Balaban J connectivity index is 0. The molecule has 0 aliphatic heterocycles. The summed E-state index contributed by atoms with van der Waals surface area (Å²) in [5, 5.41) is 6.89. The van der Waals surface area contributed by atoms with Crippen LogP contribution in [-0.2, 0) is 24.3 Å². The van der Waals surface area contributed by atoms with Crippen LogP contribution in [0.3, 0.4) is 0 Å². The molecule has 1 aliphatic carbocycles. The Hall–Kier alpha value is 0.0934. The molecule has 0 bridgehead atoms. The van der Waals surface area contributed by atoms with Crippen LogP contribution in [0, 0.1) is 6.42 Å². The molecule has 0 aromatic heterocycles. The van der Waals surface area contributed by atoms with Gasteiger partial charge in [-0.25, -0.2) is 0 Å². The molecule has 0 aromatic rings. The van der Waals surface area contributed by atoms with Crippen LogP contribution < -0.4 is 0 Å². The Morgan fingerprint density at radius 1 is 1.33 bits per heavy atom. The Bertz CT molecular complexity index is 45.4. The van der Waals surface area contributed by atoms with E-state index in [2.05, 4.69) is 6.42 Å². The van der Waals surface area contributed by atoms with E-state index in [4.69, 9.17) is 9.90 Å². The standard InChI is InChI=1S/C5H9.CH2O2.Zn/c1-2-4-5-3-1;2-1-3;/h1H,2-5H2;1H,(H,2,3);/q-1;;. The summed E-state index contributed by atoms with van der Waals surface area (Å²) in [4.78, 5) is 8.36. The molecule has 1 fully saturated rings. The number of carbonyl (C=O) groups is 1. The van der Waals surface area contributed by atoms with E-state index < -0.39 is 0 Å². The SMILES string of the molecule is O=CO.[CH-]1CCCC1.[Zn]. The molecule has 3 heteroatoms. The minimum Gasteiger partial charge on any atom is -0.483 e. The average Bonchev–Trinajstić information content (AvgIpc) is 2.17. The van der Waals surface area contributed by atoms with Gasteiger partial charge in [-0.1, -0.05) is 12.8 Å². The molecule has 0 unspecified atom stereocenters. The summed E-state index contributed by atoms with van der Waals surface area (Å²) in [7, 11) is 0. The van der Waals surface area contributed by atoms with Crippen LogP contribution in [0.2, 0.25) is 0 Å². The van der Waals surface area contributed by atoms with Crippen LogP contribution in [-0.4, -0.2) is 11.6 Å². The van der Waals surface area contributed by atoms with Crippen LogP contribution >= 0.6 is 0 Å². The Morgan fingerprint density at radius 3 is 1.78 bits per heavy atom. The quantitative estimate of drug-likeness (QED) is 0.348. The molecule has 1 aliphatic rings. The van der Waals surface area contributed by atoms with Crippen molar-refractivity contribution in [3.8, 4) is 0 Å². The molecule has 0 heterocycles. The normalized spacial score (nSPS) is 14.7. The first kappa shape index (κ1) is 11.8. The number of hydrogen-bond acceptors (Lipinski definition) is 1. The van der Waals surface area contributed by atoms with Crippen molar-refractivity contribution in [1.82, 2.24) is 0 Å². The van der Waals surface area contributed by atoms with Gasteiger partial charge in [0.15, 0.2) is 0 Å². The molecule has 50 valence electrons. The first-order valence-corrected chi connectivity index (χ1v) is 2.81. The van der Waals surface area contributed by atoms with Crippen molar-refractivity contribution in [2.45, 2.75) is 25.7 Å². The Morgan fingerprint density at radius 2 is 1.67 bits per heavy atom. The maximum Gasteiger partial charge on any atom is 0.290 e. The number of hydrogen-bond donors (Lipinski definition) is 1. The molecule has 0 radical (unpaired) electrons. The molecule has 1 rings (SSSR count). The van der Waals surface area contributed by atoms with Gasteiger partial charge in [-0.15, -0.1) is 0 Å². The van der Waals surface area contributed by atoms with Gasteiger partial charge in [0, 0.05) is 19.5 Å². The molecular weight excluding hydrogens is 169 g/mol. The third-order valence-corrected chi connectivity index (χ3v) is 1.07. The first-order valence-electron chi connectivity index (χ1n) is 2.81. The molecule has 2 nitrogen and oxygen atoms in total. The minimum atomic E-state index is -0.250. The maximum atomic E-state index is 8.36. The van der Waals surface area contributed by atoms with E-state index in [1.165, 1.54) is 25.7 Å². The smallest absolute Gasteiger partial charge is 0.290 e. The van der Waals surface area contributed by atoms with Crippen LogP contribution in [0.15, 0.2) is 0 Å². The fraction of sp³-hybridized carbons (Fsp3) is 0.667. The van der Waals surface area contributed by atoms with Crippen LogP contribution in [0.25, 0.3) is 0 Å². The van der Waals surface area contributed by atoms with E-state index >= 15 is 0 Å². The van der Waals surface area contributed by atoms with Gasteiger partial charge >= 0.3 is 0 Å². The Kier molecular flexibility index (Phi) is 14.4. The van der Waals surface area contributed by atoms with Crippen LogP contribution in [0.5, 0.6) is 0 Å². The second-order valence-corrected chi connectivity index (χ2v) is 1.68. The molecule has 0 spiro atoms. The third kappa shape index (κ3) is 11.6. The molecule has 0 saturated heterocycles. The van der Waals surface area contributed by atoms with Crippen molar-refractivity contribution in [2.24, 2.45) is 0 Å². The maximum absolute atomic E-state index is 8.36. The molecule has 9 heavy (non-hydrogen) atoms. The topological polar surface area (TPSA) is 37.3 Å². The summed E-state index contributed by atoms with van der Waals surface area (Å²) in [6, 6.07) is 0. The van der Waals surface area contributed by atoms with Gasteiger partial charge in [0.1, 0.15) is 0 Å². The molecule has 0 aromatic carbocycles. The van der Waals surface area contributed by atoms with Crippen molar-refractivity contribution in [3.63, 3.8) is 0 Å². The minimum absolute atomic E-state index is 0. The summed E-state index contributed by atoms with van der Waals surface area (Å²) in [6.07, 6.45) is 8.00. The molecule has 1 saturated carbocycles. The van der Waals surface area contributed by atoms with Gasteiger partial charge in [-0.2, -0.15) is 12.8 Å². The van der Waals surface area contributed by atoms with E-state index in [1.54, 1.807) is 0 Å². The second-order valence-electron chi connectivity index (χ2n) is 1.68.